The smallest absolute Gasteiger partial charge is 0.351 e. The Hall–Kier alpha value is -4.21. The normalized spacial score (nSPS) is 13.5. The van der Waals surface area contributed by atoms with E-state index >= 15 is 0 Å². The van der Waals surface area contributed by atoms with Crippen LogP contribution in [0.4, 0.5) is 11.5 Å². The van der Waals surface area contributed by atoms with E-state index in [9.17, 15) is 14.4 Å². The molecule has 1 aliphatic rings. The molecule has 4 aromatic rings. The number of fused-ring (bicyclic) bond motifs is 3. The van der Waals surface area contributed by atoms with Gasteiger partial charge in [-0.1, -0.05) is 12.1 Å². The summed E-state index contributed by atoms with van der Waals surface area (Å²) in [6.07, 6.45) is 2.12. The molecule has 3 heterocycles. The lowest BCUT2D eigenvalue weighted by atomic mass is 10.2. The minimum atomic E-state index is -0.459. The van der Waals surface area contributed by atoms with Crippen LogP contribution >= 0.6 is 0 Å². The summed E-state index contributed by atoms with van der Waals surface area (Å²) < 4.78 is 7.35. The minimum absolute atomic E-state index is 0.257. The van der Waals surface area contributed by atoms with Crippen molar-refractivity contribution in [2.45, 2.75) is 19.4 Å². The van der Waals surface area contributed by atoms with Crippen LogP contribution in [-0.2, 0) is 16.1 Å². The molecular weight excluding hydrogens is 424 g/mol. The highest BCUT2D eigenvalue weighted by Gasteiger charge is 2.23. The predicted octanol–water partition coefficient (Wildman–Crippen LogP) is 2.07. The van der Waals surface area contributed by atoms with Crippen molar-refractivity contribution >= 4 is 40.1 Å². The first-order chi connectivity index (χ1) is 16.0. The van der Waals surface area contributed by atoms with Gasteiger partial charge < -0.3 is 15.0 Å². The highest BCUT2D eigenvalue weighted by atomic mass is 16.5. The maximum absolute atomic E-state index is 13.2. The number of amides is 1. The minimum Gasteiger partial charge on any atom is -0.465 e. The number of nitrogens with zero attached hydrogens (tertiary/aromatic N) is 5. The van der Waals surface area contributed by atoms with Gasteiger partial charge in [0.1, 0.15) is 6.54 Å². The van der Waals surface area contributed by atoms with Crippen LogP contribution in [0.1, 0.15) is 23.2 Å². The average Bonchev–Trinajstić information content (AvgIpc) is 3.47. The molecule has 1 fully saturated rings. The number of hydrogen-bond acceptors (Lipinski definition) is 7. The Morgan fingerprint density at radius 3 is 2.52 bits per heavy atom. The van der Waals surface area contributed by atoms with E-state index in [2.05, 4.69) is 20.1 Å². The van der Waals surface area contributed by atoms with Gasteiger partial charge in [-0.05, 0) is 49.2 Å². The molecule has 0 aliphatic carbocycles. The lowest BCUT2D eigenvalue weighted by molar-refractivity contribution is -0.117. The summed E-state index contributed by atoms with van der Waals surface area (Å²) in [7, 11) is 1.30. The van der Waals surface area contributed by atoms with Crippen molar-refractivity contribution < 1.29 is 14.3 Å². The predicted molar refractivity (Wildman–Crippen MR) is 123 cm³/mol. The quantitative estimate of drug-likeness (QED) is 0.467. The van der Waals surface area contributed by atoms with Gasteiger partial charge in [0.2, 0.25) is 11.6 Å². The van der Waals surface area contributed by atoms with Crippen LogP contribution in [0.25, 0.3) is 16.7 Å². The summed E-state index contributed by atoms with van der Waals surface area (Å²) in [5.74, 6) is -0.217. The van der Waals surface area contributed by atoms with Gasteiger partial charge in [0.05, 0.1) is 23.7 Å². The fourth-order valence-corrected chi connectivity index (χ4v) is 4.07. The summed E-state index contributed by atoms with van der Waals surface area (Å²) in [4.78, 5) is 44.3. The number of anilines is 2. The number of rotatable bonds is 5. The summed E-state index contributed by atoms with van der Waals surface area (Å²) in [5, 5.41) is 7.20. The maximum Gasteiger partial charge on any atom is 0.351 e. The number of nitrogens with one attached hydrogen (secondary N) is 1. The molecule has 10 heteroatoms. The van der Waals surface area contributed by atoms with Crippen LogP contribution in [0.15, 0.2) is 53.3 Å². The molecule has 1 aliphatic heterocycles. The van der Waals surface area contributed by atoms with Crippen LogP contribution in [0, 0.1) is 0 Å². The van der Waals surface area contributed by atoms with Crippen LogP contribution in [-0.4, -0.2) is 51.2 Å². The third kappa shape index (κ3) is 3.79. The SMILES string of the molecule is COC(=O)c1ccc(NC(=O)Cn2nc3c(N4CCCC4)nc4ccccc4n3c2=O)cc1. The molecule has 1 amide bonds. The lowest BCUT2D eigenvalue weighted by Crippen LogP contribution is -2.28. The van der Waals surface area contributed by atoms with Crippen molar-refractivity contribution in [1.29, 1.82) is 0 Å². The number of hydrogen-bond donors (Lipinski definition) is 1. The molecule has 2 aromatic heterocycles. The van der Waals surface area contributed by atoms with Crippen molar-refractivity contribution in [1.82, 2.24) is 19.2 Å². The fourth-order valence-electron chi connectivity index (χ4n) is 4.07. The molecule has 1 N–H and O–H groups in total. The van der Waals surface area contributed by atoms with E-state index in [4.69, 9.17) is 4.98 Å². The van der Waals surface area contributed by atoms with Gasteiger partial charge >= 0.3 is 11.7 Å². The largest absolute Gasteiger partial charge is 0.465 e. The standard InChI is InChI=1S/C23H22N6O4/c1-33-22(31)15-8-10-16(11-9-15)24-19(30)14-28-23(32)29-18-7-3-2-6-17(18)25-20(21(29)26-28)27-12-4-5-13-27/h2-3,6-11H,4-5,12-14H2,1H3,(H,24,30). The number of esters is 1. The monoisotopic (exact) mass is 446 g/mol. The van der Waals surface area contributed by atoms with Crippen molar-refractivity contribution in [2.75, 3.05) is 30.4 Å². The molecule has 0 radical (unpaired) electrons. The van der Waals surface area contributed by atoms with Crippen LogP contribution in [0.2, 0.25) is 0 Å². The number of methoxy groups -OCH3 is 1. The molecule has 0 unspecified atom stereocenters. The molecule has 0 atom stereocenters. The van der Waals surface area contributed by atoms with Gasteiger partial charge in [0.25, 0.3) is 0 Å². The van der Waals surface area contributed by atoms with Gasteiger partial charge in [-0.15, -0.1) is 5.10 Å². The van der Waals surface area contributed by atoms with E-state index in [1.165, 1.54) is 11.5 Å². The molecule has 0 saturated carbocycles. The Bertz CT molecular complexity index is 1420. The zero-order valence-electron chi connectivity index (χ0n) is 18.0. The topological polar surface area (TPSA) is 111 Å². The lowest BCUT2D eigenvalue weighted by Gasteiger charge is -2.17. The molecule has 5 rings (SSSR count). The van der Waals surface area contributed by atoms with Crippen molar-refractivity contribution in [2.24, 2.45) is 0 Å². The Balaban J connectivity index is 1.47. The van der Waals surface area contributed by atoms with Gasteiger partial charge in [0, 0.05) is 18.8 Å². The van der Waals surface area contributed by atoms with Crippen LogP contribution < -0.4 is 15.9 Å². The number of benzene rings is 2. The van der Waals surface area contributed by atoms with Gasteiger partial charge in [-0.3, -0.25) is 4.79 Å². The van der Waals surface area contributed by atoms with Crippen LogP contribution in [0.5, 0.6) is 0 Å². The highest BCUT2D eigenvalue weighted by molar-refractivity contribution is 5.93. The number of ether oxygens (including phenoxy) is 1. The molecule has 168 valence electrons. The Morgan fingerprint density at radius 1 is 1.06 bits per heavy atom. The fraction of sp³-hybridized carbons (Fsp3) is 0.261. The van der Waals surface area contributed by atoms with E-state index in [1.807, 2.05) is 24.3 Å². The Morgan fingerprint density at radius 2 is 1.79 bits per heavy atom. The number of carbonyl (C=O) groups is 2. The Labute approximate surface area is 188 Å². The number of carbonyl (C=O) groups excluding carboxylic acids is 2. The Kier molecular flexibility index (Phi) is 5.25. The van der Waals surface area contributed by atoms with Crippen LogP contribution in [0.3, 0.4) is 0 Å². The first-order valence-corrected chi connectivity index (χ1v) is 10.7. The van der Waals surface area contributed by atoms with Crippen molar-refractivity contribution in [3.05, 3.63) is 64.6 Å². The third-order valence-electron chi connectivity index (χ3n) is 5.68. The zero-order valence-corrected chi connectivity index (χ0v) is 18.0. The van der Waals surface area contributed by atoms with E-state index in [0.29, 0.717) is 33.7 Å². The summed E-state index contributed by atoms with van der Waals surface area (Å²) in [6.45, 7) is 1.45. The van der Waals surface area contributed by atoms with E-state index in [-0.39, 0.29) is 6.54 Å². The second kappa shape index (κ2) is 8.38. The van der Waals surface area contributed by atoms with E-state index < -0.39 is 17.6 Å². The molecule has 1 saturated heterocycles. The molecular formula is C23H22N6O4. The first kappa shape index (κ1) is 20.7. The van der Waals surface area contributed by atoms with Gasteiger partial charge in [0.15, 0.2) is 5.82 Å². The van der Waals surface area contributed by atoms with Crippen molar-refractivity contribution in [3.8, 4) is 0 Å². The highest BCUT2D eigenvalue weighted by Crippen LogP contribution is 2.25. The van der Waals surface area contributed by atoms with Crippen molar-refractivity contribution in [3.63, 3.8) is 0 Å². The number of para-hydroxylation sites is 2. The van der Waals surface area contributed by atoms with Gasteiger partial charge in [-0.25, -0.2) is 23.7 Å². The molecule has 0 spiro atoms. The number of aromatic nitrogens is 4. The average molecular weight is 446 g/mol. The second-order valence-electron chi connectivity index (χ2n) is 7.83. The zero-order chi connectivity index (χ0) is 22.9. The van der Waals surface area contributed by atoms with E-state index in [1.54, 1.807) is 24.3 Å². The summed E-state index contributed by atoms with van der Waals surface area (Å²) in [6, 6.07) is 13.7. The van der Waals surface area contributed by atoms with E-state index in [0.717, 1.165) is 30.6 Å². The maximum atomic E-state index is 13.2. The summed E-state index contributed by atoms with van der Waals surface area (Å²) >= 11 is 0. The molecule has 10 nitrogen and oxygen atoms in total. The second-order valence-corrected chi connectivity index (χ2v) is 7.83. The summed E-state index contributed by atoms with van der Waals surface area (Å²) in [5.41, 5.74) is 2.25. The molecule has 0 bridgehead atoms. The molecule has 2 aromatic carbocycles. The third-order valence-corrected chi connectivity index (χ3v) is 5.68. The van der Waals surface area contributed by atoms with Gasteiger partial charge in [-0.2, -0.15) is 0 Å². The first-order valence-electron chi connectivity index (χ1n) is 10.7. The molecule has 33 heavy (non-hydrogen) atoms.